The van der Waals surface area contributed by atoms with Crippen molar-refractivity contribution in [2.24, 2.45) is 0 Å². The fourth-order valence-electron chi connectivity index (χ4n) is 3.17. The Morgan fingerprint density at radius 2 is 1.70 bits per heavy atom. The minimum Gasteiger partial charge on any atom is -0.496 e. The standard InChI is InChI=1S/C17H21NO2/c1-19-16-11-15(12-7-9-18-10-8-12)17(20-2)14-6-4-3-5-13(14)16/h3-6,11-12,18H,7-10H2,1-2H3. The van der Waals surface area contributed by atoms with Gasteiger partial charge in [0.15, 0.2) is 0 Å². The van der Waals surface area contributed by atoms with Gasteiger partial charge in [0, 0.05) is 16.3 Å². The molecule has 3 nitrogen and oxygen atoms in total. The molecule has 1 aliphatic rings. The molecular weight excluding hydrogens is 250 g/mol. The number of rotatable bonds is 3. The molecule has 1 fully saturated rings. The quantitative estimate of drug-likeness (QED) is 0.929. The summed E-state index contributed by atoms with van der Waals surface area (Å²) in [6.07, 6.45) is 2.30. The topological polar surface area (TPSA) is 30.5 Å². The number of nitrogens with one attached hydrogen (secondary N) is 1. The molecule has 2 aromatic rings. The molecule has 2 aromatic carbocycles. The fourth-order valence-corrected chi connectivity index (χ4v) is 3.17. The largest absolute Gasteiger partial charge is 0.496 e. The Labute approximate surface area is 119 Å². The van der Waals surface area contributed by atoms with E-state index in [1.54, 1.807) is 14.2 Å². The summed E-state index contributed by atoms with van der Waals surface area (Å²) >= 11 is 0. The van der Waals surface area contributed by atoms with Crippen molar-refractivity contribution in [3.05, 3.63) is 35.9 Å². The van der Waals surface area contributed by atoms with Crippen LogP contribution in [0.5, 0.6) is 11.5 Å². The number of hydrogen-bond donors (Lipinski definition) is 1. The Balaban J connectivity index is 2.19. The van der Waals surface area contributed by atoms with Gasteiger partial charge in [0.25, 0.3) is 0 Å². The van der Waals surface area contributed by atoms with Crippen molar-refractivity contribution >= 4 is 10.8 Å². The van der Waals surface area contributed by atoms with Crippen molar-refractivity contribution in [2.45, 2.75) is 18.8 Å². The van der Waals surface area contributed by atoms with Crippen molar-refractivity contribution in [1.82, 2.24) is 5.32 Å². The number of fused-ring (bicyclic) bond motifs is 1. The predicted octanol–water partition coefficient (Wildman–Crippen LogP) is 3.32. The predicted molar refractivity (Wildman–Crippen MR) is 81.9 cm³/mol. The zero-order valence-electron chi connectivity index (χ0n) is 12.1. The smallest absolute Gasteiger partial charge is 0.130 e. The van der Waals surface area contributed by atoms with Crippen molar-refractivity contribution in [2.75, 3.05) is 27.3 Å². The normalized spacial score (nSPS) is 16.3. The number of hydrogen-bond acceptors (Lipinski definition) is 3. The Morgan fingerprint density at radius 3 is 2.35 bits per heavy atom. The van der Waals surface area contributed by atoms with Gasteiger partial charge in [0.05, 0.1) is 14.2 Å². The molecule has 1 heterocycles. The molecule has 3 heteroatoms. The van der Waals surface area contributed by atoms with Gasteiger partial charge in [-0.25, -0.2) is 0 Å². The van der Waals surface area contributed by atoms with Crippen LogP contribution >= 0.6 is 0 Å². The molecule has 0 unspecified atom stereocenters. The molecule has 106 valence electrons. The molecule has 0 spiro atoms. The lowest BCUT2D eigenvalue weighted by molar-refractivity contribution is 0.389. The number of benzene rings is 2. The minimum absolute atomic E-state index is 0.546. The minimum atomic E-state index is 0.546. The maximum absolute atomic E-state index is 5.74. The van der Waals surface area contributed by atoms with Crippen LogP contribution in [0.4, 0.5) is 0 Å². The van der Waals surface area contributed by atoms with Gasteiger partial charge in [-0.15, -0.1) is 0 Å². The van der Waals surface area contributed by atoms with Crippen molar-refractivity contribution in [3.63, 3.8) is 0 Å². The molecule has 0 aliphatic carbocycles. The molecule has 1 aliphatic heterocycles. The first kappa shape index (κ1) is 13.3. The summed E-state index contributed by atoms with van der Waals surface area (Å²) in [7, 11) is 3.50. The van der Waals surface area contributed by atoms with E-state index in [2.05, 4.69) is 29.6 Å². The average molecular weight is 271 g/mol. The first-order valence-electron chi connectivity index (χ1n) is 7.19. The molecule has 0 saturated carbocycles. The van der Waals surface area contributed by atoms with Crippen LogP contribution < -0.4 is 14.8 Å². The van der Waals surface area contributed by atoms with Crippen LogP contribution in [0.15, 0.2) is 30.3 Å². The van der Waals surface area contributed by atoms with Gasteiger partial charge in [-0.3, -0.25) is 0 Å². The maximum Gasteiger partial charge on any atom is 0.130 e. The van der Waals surface area contributed by atoms with E-state index in [4.69, 9.17) is 9.47 Å². The lowest BCUT2D eigenvalue weighted by Gasteiger charge is -2.26. The van der Waals surface area contributed by atoms with E-state index in [1.807, 2.05) is 6.07 Å². The highest BCUT2D eigenvalue weighted by Gasteiger charge is 2.22. The summed E-state index contributed by atoms with van der Waals surface area (Å²) in [6.45, 7) is 2.14. The summed E-state index contributed by atoms with van der Waals surface area (Å²) in [5.41, 5.74) is 1.28. The van der Waals surface area contributed by atoms with Crippen LogP contribution in [0.25, 0.3) is 10.8 Å². The third-order valence-corrected chi connectivity index (χ3v) is 4.19. The van der Waals surface area contributed by atoms with Crippen LogP contribution in [0, 0.1) is 0 Å². The van der Waals surface area contributed by atoms with Gasteiger partial charge < -0.3 is 14.8 Å². The molecule has 0 atom stereocenters. The van der Waals surface area contributed by atoms with Gasteiger partial charge >= 0.3 is 0 Å². The van der Waals surface area contributed by atoms with E-state index in [0.29, 0.717) is 5.92 Å². The molecule has 1 N–H and O–H groups in total. The number of ether oxygens (including phenoxy) is 2. The first-order valence-corrected chi connectivity index (χ1v) is 7.19. The molecular formula is C17H21NO2. The molecule has 3 rings (SSSR count). The molecule has 0 bridgehead atoms. The van der Waals surface area contributed by atoms with E-state index < -0.39 is 0 Å². The Morgan fingerprint density at radius 1 is 1.00 bits per heavy atom. The molecule has 20 heavy (non-hydrogen) atoms. The zero-order chi connectivity index (χ0) is 13.9. The second-order valence-corrected chi connectivity index (χ2v) is 5.27. The van der Waals surface area contributed by atoms with Crippen LogP contribution in [0.2, 0.25) is 0 Å². The molecule has 0 radical (unpaired) electrons. The highest BCUT2D eigenvalue weighted by atomic mass is 16.5. The summed E-state index contributed by atoms with van der Waals surface area (Å²) in [6, 6.07) is 10.5. The lowest BCUT2D eigenvalue weighted by atomic mass is 9.87. The van der Waals surface area contributed by atoms with Crippen LogP contribution in [-0.2, 0) is 0 Å². The average Bonchev–Trinajstić information content (AvgIpc) is 2.54. The van der Waals surface area contributed by atoms with E-state index in [9.17, 15) is 0 Å². The fraction of sp³-hybridized carbons (Fsp3) is 0.412. The van der Waals surface area contributed by atoms with E-state index in [-0.39, 0.29) is 0 Å². The van der Waals surface area contributed by atoms with Crippen LogP contribution in [0.1, 0.15) is 24.3 Å². The Bertz CT molecular complexity index is 603. The zero-order valence-corrected chi connectivity index (χ0v) is 12.1. The van der Waals surface area contributed by atoms with Gasteiger partial charge in [-0.1, -0.05) is 24.3 Å². The Kier molecular flexibility index (Phi) is 3.79. The van der Waals surface area contributed by atoms with Crippen LogP contribution in [0.3, 0.4) is 0 Å². The Hall–Kier alpha value is -1.74. The van der Waals surface area contributed by atoms with E-state index in [0.717, 1.165) is 48.2 Å². The number of methoxy groups -OCH3 is 2. The summed E-state index contributed by atoms with van der Waals surface area (Å²) < 4.78 is 11.3. The van der Waals surface area contributed by atoms with Crippen LogP contribution in [-0.4, -0.2) is 27.3 Å². The summed E-state index contributed by atoms with van der Waals surface area (Å²) in [5, 5.41) is 5.67. The van der Waals surface area contributed by atoms with Gasteiger partial charge in [-0.2, -0.15) is 0 Å². The molecule has 0 aromatic heterocycles. The second kappa shape index (κ2) is 5.71. The van der Waals surface area contributed by atoms with Gasteiger partial charge in [0.2, 0.25) is 0 Å². The van der Waals surface area contributed by atoms with Crippen molar-refractivity contribution < 1.29 is 9.47 Å². The first-order chi connectivity index (χ1) is 9.85. The highest BCUT2D eigenvalue weighted by Crippen LogP contribution is 2.42. The third kappa shape index (κ3) is 2.22. The maximum atomic E-state index is 5.74. The third-order valence-electron chi connectivity index (χ3n) is 4.19. The monoisotopic (exact) mass is 271 g/mol. The molecule has 1 saturated heterocycles. The summed E-state index contributed by atoms with van der Waals surface area (Å²) in [5.74, 6) is 2.49. The van der Waals surface area contributed by atoms with Gasteiger partial charge in [-0.05, 0) is 37.9 Å². The van der Waals surface area contributed by atoms with Crippen molar-refractivity contribution in [1.29, 1.82) is 0 Å². The van der Waals surface area contributed by atoms with Crippen molar-refractivity contribution in [3.8, 4) is 11.5 Å². The number of piperidine rings is 1. The molecule has 0 amide bonds. The highest BCUT2D eigenvalue weighted by molar-refractivity contribution is 5.94. The second-order valence-electron chi connectivity index (χ2n) is 5.27. The van der Waals surface area contributed by atoms with E-state index >= 15 is 0 Å². The summed E-state index contributed by atoms with van der Waals surface area (Å²) in [4.78, 5) is 0. The van der Waals surface area contributed by atoms with Gasteiger partial charge in [0.1, 0.15) is 11.5 Å². The lowest BCUT2D eigenvalue weighted by Crippen LogP contribution is -2.26. The SMILES string of the molecule is COc1cc(C2CCNCC2)c(OC)c2ccccc12. The van der Waals surface area contributed by atoms with E-state index in [1.165, 1.54) is 5.56 Å².